The number of nitrogens with one attached hydrogen (secondary N) is 1. The van der Waals surface area contributed by atoms with Crippen molar-refractivity contribution in [1.29, 1.82) is 0 Å². The van der Waals surface area contributed by atoms with E-state index in [0.717, 1.165) is 6.42 Å². The molecule has 1 atom stereocenters. The van der Waals surface area contributed by atoms with Gasteiger partial charge in [0.1, 0.15) is 0 Å². The van der Waals surface area contributed by atoms with Crippen LogP contribution >= 0.6 is 0 Å². The molecule has 0 bridgehead atoms. The number of hydrogen-bond donors (Lipinski definition) is 1. The first-order chi connectivity index (χ1) is 10.8. The van der Waals surface area contributed by atoms with E-state index in [-0.39, 0.29) is 48.9 Å². The van der Waals surface area contributed by atoms with Gasteiger partial charge in [0, 0.05) is 38.5 Å². The zero-order valence-corrected chi connectivity index (χ0v) is 14.8. The van der Waals surface area contributed by atoms with Gasteiger partial charge in [-0.05, 0) is 18.3 Å². The van der Waals surface area contributed by atoms with Crippen molar-refractivity contribution in [2.75, 3.05) is 26.3 Å². The summed E-state index contributed by atoms with van der Waals surface area (Å²) in [4.78, 5) is 36.9. The van der Waals surface area contributed by atoms with Crippen molar-refractivity contribution in [1.82, 2.24) is 10.2 Å². The Bertz CT molecular complexity index is 421. The minimum Gasteiger partial charge on any atom is -0.380 e. The molecule has 0 spiro atoms. The first-order valence-electron chi connectivity index (χ1n) is 8.51. The normalized spacial score (nSPS) is 18.3. The van der Waals surface area contributed by atoms with E-state index in [1.54, 1.807) is 0 Å². The number of nitrogens with zero attached hydrogens (tertiary/aromatic N) is 1. The molecule has 1 heterocycles. The summed E-state index contributed by atoms with van der Waals surface area (Å²) >= 11 is 0. The van der Waals surface area contributed by atoms with Gasteiger partial charge in [0.15, 0.2) is 0 Å². The summed E-state index contributed by atoms with van der Waals surface area (Å²) in [7, 11) is 0. The van der Waals surface area contributed by atoms with Gasteiger partial charge in [-0.2, -0.15) is 0 Å². The van der Waals surface area contributed by atoms with Gasteiger partial charge in [-0.25, -0.2) is 0 Å². The number of hydrogen-bond acceptors (Lipinski definition) is 4. The van der Waals surface area contributed by atoms with Crippen molar-refractivity contribution in [2.24, 2.45) is 17.8 Å². The van der Waals surface area contributed by atoms with Gasteiger partial charge in [0.25, 0.3) is 0 Å². The molecule has 3 amide bonds. The largest absolute Gasteiger partial charge is 0.380 e. The molecule has 0 aromatic carbocycles. The highest BCUT2D eigenvalue weighted by Gasteiger charge is 2.39. The van der Waals surface area contributed by atoms with Crippen LogP contribution in [0.25, 0.3) is 0 Å². The second kappa shape index (κ2) is 9.65. The molecule has 1 saturated heterocycles. The van der Waals surface area contributed by atoms with Crippen molar-refractivity contribution in [3.05, 3.63) is 0 Å². The molecule has 6 nitrogen and oxygen atoms in total. The molecule has 1 aliphatic heterocycles. The topological polar surface area (TPSA) is 75.7 Å². The highest BCUT2D eigenvalue weighted by molar-refractivity contribution is 6.03. The van der Waals surface area contributed by atoms with E-state index < -0.39 is 0 Å². The molecule has 1 rings (SSSR count). The van der Waals surface area contributed by atoms with Crippen LogP contribution in [0.3, 0.4) is 0 Å². The summed E-state index contributed by atoms with van der Waals surface area (Å²) < 4.78 is 5.41. The van der Waals surface area contributed by atoms with Crippen molar-refractivity contribution in [2.45, 2.75) is 47.0 Å². The molecule has 23 heavy (non-hydrogen) atoms. The van der Waals surface area contributed by atoms with Gasteiger partial charge in [-0.1, -0.05) is 27.7 Å². The van der Waals surface area contributed by atoms with Crippen molar-refractivity contribution < 1.29 is 19.1 Å². The summed E-state index contributed by atoms with van der Waals surface area (Å²) in [5.74, 6) is 0.0439. The van der Waals surface area contributed by atoms with Gasteiger partial charge in [0.05, 0.1) is 6.61 Å². The van der Waals surface area contributed by atoms with Crippen LogP contribution in [0.15, 0.2) is 0 Å². The third-order valence-electron chi connectivity index (χ3n) is 4.05. The second-order valence-electron chi connectivity index (χ2n) is 6.83. The van der Waals surface area contributed by atoms with E-state index in [2.05, 4.69) is 19.2 Å². The Morgan fingerprint density at radius 2 is 1.96 bits per heavy atom. The third-order valence-corrected chi connectivity index (χ3v) is 4.05. The van der Waals surface area contributed by atoms with E-state index in [0.29, 0.717) is 25.7 Å². The number of carbonyl (C=O) groups is 3. The van der Waals surface area contributed by atoms with Gasteiger partial charge < -0.3 is 10.1 Å². The average Bonchev–Trinajstić information content (AvgIpc) is 2.75. The van der Waals surface area contributed by atoms with Crippen LogP contribution in [0.2, 0.25) is 0 Å². The minimum atomic E-state index is -0.236. The van der Waals surface area contributed by atoms with Gasteiger partial charge in [0.2, 0.25) is 17.7 Å². The first kappa shape index (κ1) is 19.6. The molecule has 0 aliphatic carbocycles. The summed E-state index contributed by atoms with van der Waals surface area (Å²) in [6.07, 6.45) is 1.42. The maximum absolute atomic E-state index is 12.1. The summed E-state index contributed by atoms with van der Waals surface area (Å²) in [6.45, 7) is 9.94. The third kappa shape index (κ3) is 6.69. The van der Waals surface area contributed by atoms with Crippen LogP contribution in [0.4, 0.5) is 0 Å². The van der Waals surface area contributed by atoms with Gasteiger partial charge in [-0.3, -0.25) is 19.3 Å². The highest BCUT2D eigenvalue weighted by Crippen LogP contribution is 2.26. The van der Waals surface area contributed by atoms with Crippen LogP contribution in [-0.4, -0.2) is 48.9 Å². The first-order valence-corrected chi connectivity index (χ1v) is 8.51. The Morgan fingerprint density at radius 3 is 2.52 bits per heavy atom. The fourth-order valence-electron chi connectivity index (χ4n) is 2.45. The quantitative estimate of drug-likeness (QED) is 0.488. The molecule has 0 saturated carbocycles. The number of rotatable bonds is 10. The maximum atomic E-state index is 12.1. The molecule has 0 aromatic heterocycles. The van der Waals surface area contributed by atoms with E-state index in [4.69, 9.17) is 4.74 Å². The summed E-state index contributed by atoms with van der Waals surface area (Å²) in [5.41, 5.74) is 0. The van der Waals surface area contributed by atoms with Gasteiger partial charge in [-0.15, -0.1) is 0 Å². The number of carbonyl (C=O) groups excluding carboxylic acids is 3. The average molecular weight is 326 g/mol. The van der Waals surface area contributed by atoms with Crippen LogP contribution in [0.1, 0.15) is 47.0 Å². The fraction of sp³-hybridized carbons (Fsp3) is 0.824. The van der Waals surface area contributed by atoms with Crippen molar-refractivity contribution in [3.63, 3.8) is 0 Å². The molecule has 1 fully saturated rings. The van der Waals surface area contributed by atoms with Crippen LogP contribution in [0.5, 0.6) is 0 Å². The lowest BCUT2D eigenvalue weighted by Gasteiger charge is -2.16. The zero-order valence-electron chi connectivity index (χ0n) is 14.8. The van der Waals surface area contributed by atoms with Gasteiger partial charge >= 0.3 is 0 Å². The Morgan fingerprint density at radius 1 is 1.26 bits per heavy atom. The second-order valence-corrected chi connectivity index (χ2v) is 6.83. The predicted molar refractivity (Wildman–Crippen MR) is 87.6 cm³/mol. The molecule has 1 aliphatic rings. The lowest BCUT2D eigenvalue weighted by Crippen LogP contribution is -2.36. The molecule has 0 radical (unpaired) electrons. The zero-order chi connectivity index (χ0) is 17.4. The maximum Gasteiger partial charge on any atom is 0.233 e. The van der Waals surface area contributed by atoms with E-state index in [1.165, 1.54) is 4.90 Å². The Labute approximate surface area is 138 Å². The molecular weight excluding hydrogens is 296 g/mol. The summed E-state index contributed by atoms with van der Waals surface area (Å²) in [5, 5.41) is 2.75. The highest BCUT2D eigenvalue weighted by atomic mass is 16.5. The number of ether oxygens (including phenoxy) is 1. The predicted octanol–water partition coefficient (Wildman–Crippen LogP) is 1.59. The fourth-order valence-corrected chi connectivity index (χ4v) is 2.45. The van der Waals surface area contributed by atoms with Crippen LogP contribution in [-0.2, 0) is 19.1 Å². The van der Waals surface area contributed by atoms with Crippen LogP contribution < -0.4 is 5.32 Å². The van der Waals surface area contributed by atoms with E-state index >= 15 is 0 Å². The number of likely N-dealkylation sites (tertiary alicyclic amines) is 1. The smallest absolute Gasteiger partial charge is 0.233 e. The molecule has 1 unspecified atom stereocenters. The molecular formula is C17H30N2O4. The van der Waals surface area contributed by atoms with Crippen LogP contribution in [0, 0.1) is 17.8 Å². The van der Waals surface area contributed by atoms with Crippen molar-refractivity contribution >= 4 is 17.7 Å². The lowest BCUT2D eigenvalue weighted by atomic mass is 9.94. The minimum absolute atomic E-state index is 0.144. The lowest BCUT2D eigenvalue weighted by molar-refractivity contribution is -0.140. The number of amides is 3. The molecule has 0 aromatic rings. The molecule has 1 N–H and O–H groups in total. The molecule has 132 valence electrons. The van der Waals surface area contributed by atoms with Crippen molar-refractivity contribution in [3.8, 4) is 0 Å². The monoisotopic (exact) mass is 326 g/mol. The SMILES string of the molecule is CC(C)CCOCCNC(=O)CCN1C(=O)CC(C(C)C)C1=O. The van der Waals surface area contributed by atoms with E-state index in [1.807, 2.05) is 13.8 Å². The Balaban J connectivity index is 2.18. The summed E-state index contributed by atoms with van der Waals surface area (Å²) in [6, 6.07) is 0. The number of imide groups is 1. The Hall–Kier alpha value is -1.43. The standard InChI is InChI=1S/C17H30N2O4/c1-12(2)6-9-23-10-7-18-15(20)5-8-19-16(21)11-14(13(3)4)17(19)22/h12-14H,5-11H2,1-4H3,(H,18,20). The Kier molecular flexibility index (Phi) is 8.23. The van der Waals surface area contributed by atoms with E-state index in [9.17, 15) is 14.4 Å². The molecule has 6 heteroatoms.